The molecule has 0 radical (unpaired) electrons. The lowest BCUT2D eigenvalue weighted by atomic mass is 10.1. The van der Waals surface area contributed by atoms with E-state index in [4.69, 9.17) is 0 Å². The molecule has 0 atom stereocenters. The summed E-state index contributed by atoms with van der Waals surface area (Å²) in [5.74, 6) is 0.261. The summed E-state index contributed by atoms with van der Waals surface area (Å²) in [6, 6.07) is 0. The molecule has 7 nitrogen and oxygen atoms in total. The normalized spacial score (nSPS) is 11.7. The molecular weight excluding hydrogens is 464 g/mol. The molecule has 1 amide bonds. The van der Waals surface area contributed by atoms with Gasteiger partial charge in [-0.05, 0) is 33.1 Å². The Morgan fingerprint density at radius 3 is 1.57 bits per heavy atom. The van der Waals surface area contributed by atoms with Crippen LogP contribution in [0.4, 0.5) is 0 Å². The Hall–Kier alpha value is -0.700. The molecule has 0 unspecified atom stereocenters. The maximum absolute atomic E-state index is 12.0. The minimum Gasteiger partial charge on any atom is -0.726 e. The lowest BCUT2D eigenvalue weighted by Gasteiger charge is -2.37. The predicted octanol–water partition coefficient (Wildman–Crippen LogP) is 6.33. The first-order chi connectivity index (χ1) is 16.7. The van der Waals surface area contributed by atoms with Crippen LogP contribution in [0.15, 0.2) is 0 Å². The van der Waals surface area contributed by atoms with Crippen molar-refractivity contribution in [2.75, 3.05) is 39.3 Å². The highest BCUT2D eigenvalue weighted by Crippen LogP contribution is 2.12. The Balaban J connectivity index is 0. The first-order valence-corrected chi connectivity index (χ1v) is 15.8. The summed E-state index contributed by atoms with van der Waals surface area (Å²) in [4.78, 5) is 12.0. The van der Waals surface area contributed by atoms with Crippen LogP contribution in [0.2, 0.25) is 0 Å². The van der Waals surface area contributed by atoms with Crippen molar-refractivity contribution in [2.45, 2.75) is 131 Å². The molecule has 35 heavy (non-hydrogen) atoms. The van der Waals surface area contributed by atoms with Gasteiger partial charge in [-0.3, -0.25) is 8.98 Å². The summed E-state index contributed by atoms with van der Waals surface area (Å²) in [6.07, 6.45) is 19.0. The van der Waals surface area contributed by atoms with Crippen LogP contribution < -0.4 is 5.32 Å². The number of quaternary nitrogens is 1. The molecule has 0 bridgehead atoms. The molecule has 0 fully saturated rings. The van der Waals surface area contributed by atoms with Crippen LogP contribution in [0.1, 0.15) is 131 Å². The monoisotopic (exact) mass is 522 g/mol. The van der Waals surface area contributed by atoms with E-state index in [2.05, 4.69) is 37.2 Å². The number of nitrogens with one attached hydrogen (secondary N) is 1. The number of rotatable bonds is 23. The van der Waals surface area contributed by atoms with Crippen molar-refractivity contribution in [2.24, 2.45) is 0 Å². The summed E-state index contributed by atoms with van der Waals surface area (Å²) in [6.45, 7) is 16.3. The smallest absolute Gasteiger partial charge is 0.219 e. The van der Waals surface area contributed by atoms with E-state index in [0.717, 1.165) is 19.4 Å². The highest BCUT2D eigenvalue weighted by Gasteiger charge is 2.22. The number of unbranched alkanes of at least 4 members (excludes halogenated alkanes) is 10. The molecule has 0 aliphatic carbocycles. The number of carbonyl (C=O) groups excluding carboxylic acids is 1. The van der Waals surface area contributed by atoms with E-state index in [1.165, 1.54) is 115 Å². The van der Waals surface area contributed by atoms with Gasteiger partial charge in [-0.1, -0.05) is 85.0 Å². The third-order valence-corrected chi connectivity index (χ3v) is 6.99. The van der Waals surface area contributed by atoms with E-state index in [1.807, 2.05) is 0 Å². The van der Waals surface area contributed by atoms with Crippen molar-refractivity contribution >= 4 is 16.3 Å². The lowest BCUT2D eigenvalue weighted by molar-refractivity contribution is -0.926. The third kappa shape index (κ3) is 26.2. The minimum absolute atomic E-state index is 0.0914. The molecule has 0 saturated carbocycles. The van der Waals surface area contributed by atoms with E-state index < -0.39 is 10.4 Å². The van der Waals surface area contributed by atoms with Gasteiger partial charge >= 0.3 is 0 Å². The minimum atomic E-state index is -4.42. The van der Waals surface area contributed by atoms with Crippen LogP contribution >= 0.6 is 0 Å². The summed E-state index contributed by atoms with van der Waals surface area (Å²) >= 11 is 0. The van der Waals surface area contributed by atoms with Gasteiger partial charge in [0, 0.05) is 19.4 Å². The van der Waals surface area contributed by atoms with Gasteiger partial charge in [0.1, 0.15) is 0 Å². The number of hydrogen-bond acceptors (Lipinski definition) is 5. The molecule has 0 aromatic heterocycles. The Bertz CT molecular complexity index is 564. The fourth-order valence-electron chi connectivity index (χ4n) is 4.58. The van der Waals surface area contributed by atoms with E-state index in [9.17, 15) is 17.8 Å². The molecular formula is C27H58N2O5S. The van der Waals surface area contributed by atoms with Gasteiger partial charge in [0.05, 0.1) is 32.8 Å². The van der Waals surface area contributed by atoms with E-state index in [1.54, 1.807) is 0 Å². The zero-order chi connectivity index (χ0) is 26.8. The van der Waals surface area contributed by atoms with Gasteiger partial charge in [-0.2, -0.15) is 0 Å². The lowest BCUT2D eigenvalue weighted by Crippen LogP contribution is -2.50. The number of amides is 1. The average Bonchev–Trinajstić information content (AvgIpc) is 2.80. The molecule has 0 rings (SSSR count). The van der Waals surface area contributed by atoms with Crippen LogP contribution in [0.5, 0.6) is 0 Å². The second kappa shape index (κ2) is 25.0. The number of carbonyl (C=O) groups is 1. The van der Waals surface area contributed by atoms with Crippen LogP contribution in [0.3, 0.4) is 0 Å². The van der Waals surface area contributed by atoms with Gasteiger partial charge in [0.25, 0.3) is 0 Å². The van der Waals surface area contributed by atoms with Gasteiger partial charge in [0.15, 0.2) is 0 Å². The Morgan fingerprint density at radius 1 is 0.714 bits per heavy atom. The van der Waals surface area contributed by atoms with Crippen molar-refractivity contribution in [3.05, 3.63) is 0 Å². The predicted molar refractivity (Wildman–Crippen MR) is 146 cm³/mol. The fourth-order valence-corrected chi connectivity index (χ4v) is 4.87. The molecule has 0 aromatic rings. The molecule has 0 heterocycles. The van der Waals surface area contributed by atoms with Crippen LogP contribution in [0.25, 0.3) is 0 Å². The van der Waals surface area contributed by atoms with Crippen LogP contribution in [-0.2, 0) is 19.4 Å². The van der Waals surface area contributed by atoms with Gasteiger partial charge in [-0.25, -0.2) is 8.42 Å². The van der Waals surface area contributed by atoms with Gasteiger partial charge < -0.3 is 14.4 Å². The first-order valence-electron chi connectivity index (χ1n) is 14.4. The molecule has 0 aliphatic heterocycles. The summed E-state index contributed by atoms with van der Waals surface area (Å²) in [5.41, 5.74) is 0. The largest absolute Gasteiger partial charge is 0.726 e. The van der Waals surface area contributed by atoms with Gasteiger partial charge in [0.2, 0.25) is 16.3 Å². The molecule has 1 N–H and O–H groups in total. The molecule has 0 aromatic carbocycles. The second-order valence-electron chi connectivity index (χ2n) is 9.63. The quantitative estimate of drug-likeness (QED) is 0.0732. The zero-order valence-corrected chi connectivity index (χ0v) is 24.6. The topological polar surface area (TPSA) is 95.5 Å². The van der Waals surface area contributed by atoms with E-state index in [0.29, 0.717) is 6.42 Å². The van der Waals surface area contributed by atoms with Crippen molar-refractivity contribution in [1.82, 2.24) is 5.32 Å². The Morgan fingerprint density at radius 2 is 1.20 bits per heavy atom. The number of hydrogen-bond donors (Lipinski definition) is 1. The summed E-state index contributed by atoms with van der Waals surface area (Å²) in [5, 5.41) is 3.15. The molecule has 0 aliphatic rings. The van der Waals surface area contributed by atoms with E-state index in [-0.39, 0.29) is 12.5 Å². The van der Waals surface area contributed by atoms with Gasteiger partial charge in [-0.15, -0.1) is 0 Å². The third-order valence-electron chi connectivity index (χ3n) is 6.47. The van der Waals surface area contributed by atoms with Crippen molar-refractivity contribution in [3.8, 4) is 0 Å². The Kier molecular flexibility index (Phi) is 26.0. The zero-order valence-electron chi connectivity index (χ0n) is 23.7. The van der Waals surface area contributed by atoms with Crippen LogP contribution in [-0.4, -0.2) is 62.7 Å². The fraction of sp³-hybridized carbons (Fsp3) is 0.963. The highest BCUT2D eigenvalue weighted by atomic mass is 32.3. The van der Waals surface area contributed by atoms with Crippen molar-refractivity contribution in [1.29, 1.82) is 0 Å². The standard InChI is InChI=1S/C25H52N2O.C2H6O4S/c1-5-9-10-11-12-13-14-15-16-17-18-20-25(28)26-21-19-24-27(8-4,22-6-2)23-7-3;1-2-6-7(3,4)5/h5-24H2,1-4H3;2H2,1H3,(H,3,4,5). The maximum atomic E-state index is 12.0. The average molecular weight is 523 g/mol. The van der Waals surface area contributed by atoms with Crippen molar-refractivity contribution in [3.63, 3.8) is 0 Å². The molecule has 0 spiro atoms. The molecule has 212 valence electrons. The molecule has 0 saturated heterocycles. The maximum Gasteiger partial charge on any atom is 0.219 e. The van der Waals surface area contributed by atoms with Crippen molar-refractivity contribution < 1.29 is 26.4 Å². The second-order valence-corrected chi connectivity index (χ2v) is 10.7. The van der Waals surface area contributed by atoms with E-state index >= 15 is 0 Å². The summed E-state index contributed by atoms with van der Waals surface area (Å²) < 4.78 is 33.2. The Labute approximate surface area is 218 Å². The first kappa shape index (κ1) is 36.5. The SMILES string of the molecule is CCCCCCCCCCCCCC(=O)NCCC[N+](CC)(CCC)CCC.CCOS(=O)(=O)[O-]. The highest BCUT2D eigenvalue weighted by molar-refractivity contribution is 7.80. The molecule has 8 heteroatoms. The van der Waals surface area contributed by atoms with Crippen LogP contribution in [0, 0.1) is 0 Å². The number of nitrogens with zero attached hydrogens (tertiary/aromatic N) is 1. The summed E-state index contributed by atoms with van der Waals surface area (Å²) in [7, 11) is -4.42.